The van der Waals surface area contributed by atoms with Crippen molar-refractivity contribution in [3.8, 4) is 17.2 Å². The van der Waals surface area contributed by atoms with Gasteiger partial charge in [0.2, 0.25) is 0 Å². The van der Waals surface area contributed by atoms with E-state index in [9.17, 15) is 14.3 Å². The summed E-state index contributed by atoms with van der Waals surface area (Å²) in [7, 11) is 0. The van der Waals surface area contributed by atoms with Gasteiger partial charge in [-0.25, -0.2) is 4.39 Å². The van der Waals surface area contributed by atoms with Crippen LogP contribution in [0.5, 0.6) is 17.2 Å². The Morgan fingerprint density at radius 2 is 2.05 bits per heavy atom. The maximum absolute atomic E-state index is 13.5. The number of rotatable bonds is 3. The third kappa shape index (κ3) is 2.82. The van der Waals surface area contributed by atoms with E-state index in [0.29, 0.717) is 5.75 Å². The molecule has 0 aliphatic carbocycles. The Bertz CT molecular complexity index is 620. The number of phenols is 1. The molecule has 0 spiro atoms. The van der Waals surface area contributed by atoms with Gasteiger partial charge in [0.25, 0.3) is 5.91 Å². The number of ether oxygens (including phenoxy) is 1. The molecule has 3 N–H and O–H groups in total. The molecule has 2 aromatic carbocycles. The van der Waals surface area contributed by atoms with E-state index in [2.05, 4.69) is 0 Å². The summed E-state index contributed by atoms with van der Waals surface area (Å²) >= 11 is 0. The minimum atomic E-state index is -0.912. The van der Waals surface area contributed by atoms with E-state index in [4.69, 9.17) is 10.5 Å². The molecule has 0 aliphatic rings. The topological polar surface area (TPSA) is 72.6 Å². The van der Waals surface area contributed by atoms with Crippen molar-refractivity contribution in [2.24, 2.45) is 5.73 Å². The van der Waals surface area contributed by atoms with Crippen LogP contribution in [-0.4, -0.2) is 11.0 Å². The number of primary amides is 1. The lowest BCUT2D eigenvalue weighted by molar-refractivity contribution is 0.0994. The van der Waals surface area contributed by atoms with Gasteiger partial charge in [-0.2, -0.15) is 0 Å². The lowest BCUT2D eigenvalue weighted by Crippen LogP contribution is -2.14. The quantitative estimate of drug-likeness (QED) is 0.892. The second kappa shape index (κ2) is 4.97. The summed E-state index contributed by atoms with van der Waals surface area (Å²) in [5.41, 5.74) is 5.57. The van der Waals surface area contributed by atoms with E-state index in [-0.39, 0.29) is 17.1 Å². The zero-order valence-corrected chi connectivity index (χ0v) is 10.2. The third-order valence-electron chi connectivity index (χ3n) is 2.49. The SMILES string of the molecule is Cc1cc(O)cc(Oc2cccc(F)c2C(N)=O)c1. The predicted molar refractivity (Wildman–Crippen MR) is 67.8 cm³/mol. The van der Waals surface area contributed by atoms with Crippen molar-refractivity contribution < 1.29 is 19.0 Å². The van der Waals surface area contributed by atoms with Gasteiger partial charge in [0.05, 0.1) is 0 Å². The van der Waals surface area contributed by atoms with E-state index >= 15 is 0 Å². The largest absolute Gasteiger partial charge is 0.508 e. The van der Waals surface area contributed by atoms with E-state index < -0.39 is 11.7 Å². The van der Waals surface area contributed by atoms with Gasteiger partial charge in [0.15, 0.2) is 0 Å². The first-order valence-corrected chi connectivity index (χ1v) is 5.54. The molecule has 0 heterocycles. The zero-order valence-electron chi connectivity index (χ0n) is 10.2. The van der Waals surface area contributed by atoms with Crippen LogP contribution >= 0.6 is 0 Å². The highest BCUT2D eigenvalue weighted by Crippen LogP contribution is 2.29. The molecule has 2 aromatic rings. The van der Waals surface area contributed by atoms with Gasteiger partial charge < -0.3 is 15.6 Å². The van der Waals surface area contributed by atoms with Crippen LogP contribution in [-0.2, 0) is 0 Å². The van der Waals surface area contributed by atoms with Gasteiger partial charge in [0, 0.05) is 6.07 Å². The van der Waals surface area contributed by atoms with E-state index in [1.807, 2.05) is 0 Å². The summed E-state index contributed by atoms with van der Waals surface area (Å²) in [5.74, 6) is -1.33. The van der Waals surface area contributed by atoms with Crippen LogP contribution in [0.15, 0.2) is 36.4 Å². The zero-order chi connectivity index (χ0) is 14.0. The number of hydrogen-bond donors (Lipinski definition) is 2. The van der Waals surface area contributed by atoms with Gasteiger partial charge >= 0.3 is 0 Å². The highest BCUT2D eigenvalue weighted by Gasteiger charge is 2.15. The molecule has 5 heteroatoms. The molecule has 0 radical (unpaired) electrons. The Labute approximate surface area is 109 Å². The van der Waals surface area contributed by atoms with Crippen molar-refractivity contribution in [1.82, 2.24) is 0 Å². The maximum Gasteiger partial charge on any atom is 0.255 e. The number of hydrogen-bond acceptors (Lipinski definition) is 3. The first-order valence-electron chi connectivity index (χ1n) is 5.54. The molecule has 0 unspecified atom stereocenters. The van der Waals surface area contributed by atoms with E-state index in [1.165, 1.54) is 18.2 Å². The number of phenolic OH excluding ortho intramolecular Hbond substituents is 1. The summed E-state index contributed by atoms with van der Waals surface area (Å²) in [4.78, 5) is 11.2. The van der Waals surface area contributed by atoms with Crippen LogP contribution in [0.2, 0.25) is 0 Å². The van der Waals surface area contributed by atoms with Crippen LogP contribution < -0.4 is 10.5 Å². The molecule has 0 aliphatic heterocycles. The van der Waals surface area contributed by atoms with Crippen molar-refractivity contribution in [3.05, 3.63) is 53.3 Å². The maximum atomic E-state index is 13.5. The fourth-order valence-electron chi connectivity index (χ4n) is 1.74. The van der Waals surface area contributed by atoms with Gasteiger partial charge in [-0.3, -0.25) is 4.79 Å². The summed E-state index contributed by atoms with van der Waals surface area (Å²) in [6.45, 7) is 1.77. The Hall–Kier alpha value is -2.56. The van der Waals surface area contributed by atoms with E-state index in [0.717, 1.165) is 11.6 Å². The van der Waals surface area contributed by atoms with Crippen LogP contribution in [0.1, 0.15) is 15.9 Å². The fraction of sp³-hybridized carbons (Fsp3) is 0.0714. The first-order chi connectivity index (χ1) is 8.97. The summed E-state index contributed by atoms with van der Waals surface area (Å²) < 4.78 is 18.9. The van der Waals surface area contributed by atoms with Crippen molar-refractivity contribution >= 4 is 5.91 Å². The van der Waals surface area contributed by atoms with Crippen molar-refractivity contribution in [2.75, 3.05) is 0 Å². The number of carbonyl (C=O) groups is 1. The first kappa shape index (κ1) is 12.9. The molecule has 0 aromatic heterocycles. The number of benzene rings is 2. The summed E-state index contributed by atoms with van der Waals surface area (Å²) in [6, 6.07) is 8.53. The van der Waals surface area contributed by atoms with Crippen LogP contribution in [0.4, 0.5) is 4.39 Å². The Balaban J connectivity index is 2.43. The van der Waals surface area contributed by atoms with E-state index in [1.54, 1.807) is 19.1 Å². The minimum Gasteiger partial charge on any atom is -0.508 e. The van der Waals surface area contributed by atoms with Crippen molar-refractivity contribution in [3.63, 3.8) is 0 Å². The number of aromatic hydroxyl groups is 1. The molecule has 1 amide bonds. The molecule has 98 valence electrons. The summed E-state index contributed by atoms with van der Waals surface area (Å²) in [6.07, 6.45) is 0. The monoisotopic (exact) mass is 261 g/mol. The minimum absolute atomic E-state index is 0.0116. The Kier molecular flexibility index (Phi) is 3.37. The number of carbonyl (C=O) groups excluding carboxylic acids is 1. The molecule has 19 heavy (non-hydrogen) atoms. The van der Waals surface area contributed by atoms with Crippen molar-refractivity contribution in [1.29, 1.82) is 0 Å². The Morgan fingerprint density at radius 1 is 1.32 bits per heavy atom. The average molecular weight is 261 g/mol. The standard InChI is InChI=1S/C14H12FNO3/c1-8-5-9(17)7-10(6-8)19-12-4-2-3-11(15)13(12)14(16)18/h2-7,17H,1H3,(H2,16,18). The normalized spacial score (nSPS) is 10.2. The Morgan fingerprint density at radius 3 is 2.68 bits per heavy atom. The number of nitrogens with two attached hydrogens (primary N) is 1. The average Bonchev–Trinajstić information content (AvgIpc) is 2.26. The molecule has 0 saturated heterocycles. The molecule has 0 saturated carbocycles. The van der Waals surface area contributed by atoms with Gasteiger partial charge in [-0.05, 0) is 36.8 Å². The summed E-state index contributed by atoms with van der Waals surface area (Å²) in [5, 5.41) is 9.46. The second-order valence-electron chi connectivity index (χ2n) is 4.08. The van der Waals surface area contributed by atoms with Crippen LogP contribution in [0.25, 0.3) is 0 Å². The number of aryl methyl sites for hydroxylation is 1. The number of amides is 1. The second-order valence-corrected chi connectivity index (χ2v) is 4.08. The molecule has 2 rings (SSSR count). The molecule has 0 atom stereocenters. The molecular formula is C14H12FNO3. The van der Waals surface area contributed by atoms with Gasteiger partial charge in [-0.1, -0.05) is 6.07 Å². The van der Waals surface area contributed by atoms with Crippen LogP contribution in [0.3, 0.4) is 0 Å². The van der Waals surface area contributed by atoms with Gasteiger partial charge in [0.1, 0.15) is 28.6 Å². The van der Waals surface area contributed by atoms with Crippen LogP contribution in [0, 0.1) is 12.7 Å². The molecule has 0 fully saturated rings. The molecule has 4 nitrogen and oxygen atoms in total. The third-order valence-corrected chi connectivity index (χ3v) is 2.49. The lowest BCUT2D eigenvalue weighted by atomic mass is 10.1. The molecular weight excluding hydrogens is 249 g/mol. The number of halogens is 1. The predicted octanol–water partition coefficient (Wildman–Crippen LogP) is 2.73. The molecule has 0 bridgehead atoms. The van der Waals surface area contributed by atoms with Gasteiger partial charge in [-0.15, -0.1) is 0 Å². The smallest absolute Gasteiger partial charge is 0.255 e. The fourth-order valence-corrected chi connectivity index (χ4v) is 1.74. The lowest BCUT2D eigenvalue weighted by Gasteiger charge is -2.10. The highest BCUT2D eigenvalue weighted by molar-refractivity contribution is 5.96. The highest BCUT2D eigenvalue weighted by atomic mass is 19.1. The van der Waals surface area contributed by atoms with Crippen molar-refractivity contribution in [2.45, 2.75) is 6.92 Å².